The van der Waals surface area contributed by atoms with E-state index in [0.717, 1.165) is 53.3 Å². The summed E-state index contributed by atoms with van der Waals surface area (Å²) in [6.07, 6.45) is 2.00. The van der Waals surface area contributed by atoms with Gasteiger partial charge in [0, 0.05) is 12.1 Å². The van der Waals surface area contributed by atoms with Gasteiger partial charge in [-0.05, 0) is 54.7 Å². The maximum absolute atomic E-state index is 6.11. The Hall–Kier alpha value is -3.27. The smallest absolute Gasteiger partial charge is 0.141 e. The van der Waals surface area contributed by atoms with Crippen molar-refractivity contribution in [1.82, 2.24) is 9.55 Å². The van der Waals surface area contributed by atoms with Crippen molar-refractivity contribution in [3.8, 4) is 22.9 Å². The summed E-state index contributed by atoms with van der Waals surface area (Å²) >= 11 is 0. The first kappa shape index (κ1) is 21.0. The predicted octanol–water partition coefficient (Wildman–Crippen LogP) is 6.69. The average molecular weight is 415 g/mol. The molecule has 0 bridgehead atoms. The maximum Gasteiger partial charge on any atom is 0.141 e. The predicted molar refractivity (Wildman–Crippen MR) is 127 cm³/mol. The molecule has 31 heavy (non-hydrogen) atoms. The number of para-hydroxylation sites is 3. The minimum Gasteiger partial charge on any atom is -0.497 e. The van der Waals surface area contributed by atoms with Crippen molar-refractivity contribution in [2.75, 3.05) is 13.7 Å². The van der Waals surface area contributed by atoms with Crippen molar-refractivity contribution in [2.45, 2.75) is 39.2 Å². The van der Waals surface area contributed by atoms with Crippen LogP contribution in [0.3, 0.4) is 0 Å². The highest BCUT2D eigenvalue weighted by Crippen LogP contribution is 2.28. The molecule has 0 aliphatic rings. The van der Waals surface area contributed by atoms with Gasteiger partial charge in [0.2, 0.25) is 0 Å². The lowest BCUT2D eigenvalue weighted by atomic mass is 10.0. The highest BCUT2D eigenvalue weighted by Gasteiger charge is 2.13. The van der Waals surface area contributed by atoms with E-state index in [1.54, 1.807) is 7.11 Å². The van der Waals surface area contributed by atoms with E-state index in [2.05, 4.69) is 60.9 Å². The third-order valence-electron chi connectivity index (χ3n) is 5.56. The molecule has 0 amide bonds. The first-order chi connectivity index (χ1) is 15.2. The molecule has 0 unspecified atom stereocenters. The summed E-state index contributed by atoms with van der Waals surface area (Å²) in [5.74, 6) is 3.28. The highest BCUT2D eigenvalue weighted by molar-refractivity contribution is 5.80. The second-order valence-corrected chi connectivity index (χ2v) is 8.06. The van der Waals surface area contributed by atoms with E-state index in [1.807, 2.05) is 30.3 Å². The molecular formula is C27H30N2O2. The summed E-state index contributed by atoms with van der Waals surface area (Å²) in [4.78, 5) is 4.91. The van der Waals surface area contributed by atoms with Crippen molar-refractivity contribution in [3.63, 3.8) is 0 Å². The fourth-order valence-corrected chi connectivity index (χ4v) is 3.93. The Morgan fingerprint density at radius 3 is 2.55 bits per heavy atom. The van der Waals surface area contributed by atoms with E-state index in [9.17, 15) is 0 Å². The maximum atomic E-state index is 6.11. The Kier molecular flexibility index (Phi) is 6.56. The van der Waals surface area contributed by atoms with Crippen LogP contribution in [-0.4, -0.2) is 23.3 Å². The molecule has 0 aliphatic heterocycles. The normalized spacial score (nSPS) is 11.2. The number of aryl methyl sites for hydroxylation is 1. The van der Waals surface area contributed by atoms with Crippen LogP contribution in [-0.2, 0) is 6.54 Å². The molecule has 0 saturated carbocycles. The van der Waals surface area contributed by atoms with E-state index in [-0.39, 0.29) is 0 Å². The molecule has 0 N–H and O–H groups in total. The van der Waals surface area contributed by atoms with Crippen molar-refractivity contribution in [1.29, 1.82) is 0 Å². The monoisotopic (exact) mass is 414 g/mol. The van der Waals surface area contributed by atoms with E-state index in [0.29, 0.717) is 12.5 Å². The average Bonchev–Trinajstić information content (AvgIpc) is 3.18. The molecule has 1 aromatic heterocycles. The summed E-state index contributed by atoms with van der Waals surface area (Å²) in [6.45, 7) is 6.01. The Bertz CT molecular complexity index is 1150. The molecule has 0 atom stereocenters. The van der Waals surface area contributed by atoms with Gasteiger partial charge in [0.15, 0.2) is 0 Å². The minimum atomic E-state index is 0.457. The topological polar surface area (TPSA) is 36.3 Å². The summed E-state index contributed by atoms with van der Waals surface area (Å²) in [6, 6.07) is 24.8. The molecule has 0 aliphatic carbocycles. The van der Waals surface area contributed by atoms with Crippen LogP contribution >= 0.6 is 0 Å². The first-order valence-corrected chi connectivity index (χ1v) is 11.0. The fourth-order valence-electron chi connectivity index (χ4n) is 3.93. The van der Waals surface area contributed by atoms with Gasteiger partial charge in [-0.2, -0.15) is 0 Å². The van der Waals surface area contributed by atoms with Crippen molar-refractivity contribution in [2.24, 2.45) is 0 Å². The van der Waals surface area contributed by atoms with Crippen LogP contribution in [0.4, 0.5) is 0 Å². The lowest BCUT2D eigenvalue weighted by Gasteiger charge is -2.14. The van der Waals surface area contributed by atoms with Gasteiger partial charge in [-0.25, -0.2) is 4.98 Å². The van der Waals surface area contributed by atoms with Gasteiger partial charge in [0.1, 0.15) is 17.3 Å². The Balaban J connectivity index is 1.47. The van der Waals surface area contributed by atoms with Crippen LogP contribution < -0.4 is 9.47 Å². The number of benzene rings is 3. The summed E-state index contributed by atoms with van der Waals surface area (Å²) in [7, 11) is 1.69. The molecule has 160 valence electrons. The molecule has 4 rings (SSSR count). The number of fused-ring (bicyclic) bond motifs is 1. The number of unbranched alkanes of at least 4 members (excludes halogenated alkanes) is 1. The van der Waals surface area contributed by atoms with Gasteiger partial charge in [-0.1, -0.05) is 56.3 Å². The zero-order chi connectivity index (χ0) is 21.6. The third kappa shape index (κ3) is 4.74. The van der Waals surface area contributed by atoms with Crippen molar-refractivity contribution >= 4 is 11.0 Å². The Labute approximate surface area is 184 Å². The number of ether oxygens (including phenoxy) is 2. The van der Waals surface area contributed by atoms with Crippen LogP contribution in [0, 0.1) is 0 Å². The molecule has 3 aromatic carbocycles. The van der Waals surface area contributed by atoms with Gasteiger partial charge in [0.25, 0.3) is 0 Å². The van der Waals surface area contributed by atoms with E-state index in [1.165, 1.54) is 5.56 Å². The molecule has 1 heterocycles. The quantitative estimate of drug-likeness (QED) is 0.286. The fraction of sp³-hybridized carbons (Fsp3) is 0.296. The second kappa shape index (κ2) is 9.69. The Morgan fingerprint density at radius 1 is 0.903 bits per heavy atom. The van der Waals surface area contributed by atoms with Crippen LogP contribution in [0.25, 0.3) is 22.4 Å². The van der Waals surface area contributed by atoms with E-state index >= 15 is 0 Å². The van der Waals surface area contributed by atoms with Crippen LogP contribution in [0.2, 0.25) is 0 Å². The number of hydrogen-bond donors (Lipinski definition) is 0. The number of hydrogen-bond acceptors (Lipinski definition) is 3. The lowest BCUT2D eigenvalue weighted by molar-refractivity contribution is 0.299. The zero-order valence-corrected chi connectivity index (χ0v) is 18.5. The molecule has 0 spiro atoms. The molecule has 4 heteroatoms. The number of nitrogens with zero attached hydrogens (tertiary/aromatic N) is 2. The van der Waals surface area contributed by atoms with Gasteiger partial charge in [-0.15, -0.1) is 0 Å². The number of rotatable bonds is 9. The number of imidazole rings is 1. The first-order valence-electron chi connectivity index (χ1n) is 11.0. The largest absolute Gasteiger partial charge is 0.497 e. The van der Waals surface area contributed by atoms with Gasteiger partial charge in [-0.3, -0.25) is 0 Å². The molecule has 0 radical (unpaired) electrons. The van der Waals surface area contributed by atoms with Crippen molar-refractivity contribution in [3.05, 3.63) is 78.4 Å². The third-order valence-corrected chi connectivity index (χ3v) is 5.56. The highest BCUT2D eigenvalue weighted by atomic mass is 16.5. The lowest BCUT2D eigenvalue weighted by Crippen LogP contribution is -2.05. The molecular weight excluding hydrogens is 384 g/mol. The molecule has 4 aromatic rings. The van der Waals surface area contributed by atoms with Crippen LogP contribution in [0.5, 0.6) is 11.5 Å². The van der Waals surface area contributed by atoms with E-state index in [4.69, 9.17) is 14.5 Å². The molecule has 0 saturated heterocycles. The summed E-state index contributed by atoms with van der Waals surface area (Å²) in [5.41, 5.74) is 4.51. The second-order valence-electron chi connectivity index (χ2n) is 8.06. The zero-order valence-electron chi connectivity index (χ0n) is 18.5. The van der Waals surface area contributed by atoms with Crippen LogP contribution in [0.1, 0.15) is 38.2 Å². The summed E-state index contributed by atoms with van der Waals surface area (Å²) in [5, 5.41) is 0. The molecule has 0 fully saturated rings. The standard InChI is InChI=1S/C27H30N2O2/c1-20(2)23-13-4-7-16-26(23)31-18-9-8-17-29-25-15-6-5-14-24(25)28-27(29)21-11-10-12-22(19-21)30-3/h4-7,10-16,19-20H,8-9,17-18H2,1-3H3. The molecule has 4 nitrogen and oxygen atoms in total. The summed E-state index contributed by atoms with van der Waals surface area (Å²) < 4.78 is 13.8. The van der Waals surface area contributed by atoms with E-state index < -0.39 is 0 Å². The van der Waals surface area contributed by atoms with Gasteiger partial charge >= 0.3 is 0 Å². The Morgan fingerprint density at radius 2 is 1.71 bits per heavy atom. The number of aromatic nitrogens is 2. The van der Waals surface area contributed by atoms with Crippen molar-refractivity contribution < 1.29 is 9.47 Å². The SMILES string of the molecule is COc1cccc(-c2nc3ccccc3n2CCCCOc2ccccc2C(C)C)c1. The van der Waals surface area contributed by atoms with Crippen LogP contribution in [0.15, 0.2) is 72.8 Å². The van der Waals surface area contributed by atoms with Gasteiger partial charge in [0.05, 0.1) is 24.8 Å². The number of methoxy groups -OCH3 is 1. The minimum absolute atomic E-state index is 0.457. The van der Waals surface area contributed by atoms with Gasteiger partial charge < -0.3 is 14.0 Å².